The lowest BCUT2D eigenvalue weighted by atomic mass is 9.77. The van der Waals surface area contributed by atoms with Crippen molar-refractivity contribution < 1.29 is 4.39 Å². The highest BCUT2D eigenvalue weighted by Crippen LogP contribution is 2.47. The lowest BCUT2D eigenvalue weighted by molar-refractivity contribution is 0.233. The van der Waals surface area contributed by atoms with E-state index in [1.807, 2.05) is 14.0 Å². The SMILES string of the molecule is CNC(c1cc(C)cc(F)c1)C1(C)CCCC1. The molecule has 1 atom stereocenters. The highest BCUT2D eigenvalue weighted by molar-refractivity contribution is 5.28. The minimum atomic E-state index is -0.123. The molecular formula is C15H22FN. The molecule has 1 unspecified atom stereocenters. The average Bonchev–Trinajstić information content (AvgIpc) is 2.65. The molecule has 17 heavy (non-hydrogen) atoms. The van der Waals surface area contributed by atoms with E-state index in [0.717, 1.165) is 11.1 Å². The largest absolute Gasteiger partial charge is 0.313 e. The van der Waals surface area contributed by atoms with Crippen LogP contribution in [0.2, 0.25) is 0 Å². The molecule has 1 nitrogen and oxygen atoms in total. The molecule has 0 aromatic heterocycles. The van der Waals surface area contributed by atoms with Gasteiger partial charge < -0.3 is 5.32 Å². The van der Waals surface area contributed by atoms with E-state index in [1.165, 1.54) is 25.7 Å². The number of halogens is 1. The molecule has 2 heteroatoms. The maximum absolute atomic E-state index is 13.5. The predicted molar refractivity (Wildman–Crippen MR) is 69.5 cm³/mol. The zero-order valence-electron chi connectivity index (χ0n) is 11.0. The Bertz CT molecular complexity index is 374. The van der Waals surface area contributed by atoms with E-state index in [9.17, 15) is 4.39 Å². The summed E-state index contributed by atoms with van der Waals surface area (Å²) in [6.07, 6.45) is 5.05. The number of benzene rings is 1. The predicted octanol–water partition coefficient (Wildman–Crippen LogP) is 3.97. The van der Waals surface area contributed by atoms with Crippen molar-refractivity contribution in [2.75, 3.05) is 7.05 Å². The zero-order chi connectivity index (χ0) is 12.5. The molecule has 0 aliphatic heterocycles. The summed E-state index contributed by atoms with van der Waals surface area (Å²) in [7, 11) is 1.98. The molecular weight excluding hydrogens is 213 g/mol. The number of hydrogen-bond donors (Lipinski definition) is 1. The van der Waals surface area contributed by atoms with Gasteiger partial charge in [0.05, 0.1) is 0 Å². The molecule has 1 aliphatic carbocycles. The van der Waals surface area contributed by atoms with Crippen molar-refractivity contribution in [1.82, 2.24) is 5.32 Å². The second kappa shape index (κ2) is 4.77. The third-order valence-corrected chi connectivity index (χ3v) is 4.13. The van der Waals surface area contributed by atoms with E-state index < -0.39 is 0 Å². The highest BCUT2D eigenvalue weighted by Gasteiger charge is 2.37. The first-order chi connectivity index (χ1) is 8.05. The Labute approximate surface area is 103 Å². The lowest BCUT2D eigenvalue weighted by Crippen LogP contribution is -2.32. The fourth-order valence-corrected chi connectivity index (χ4v) is 3.32. The van der Waals surface area contributed by atoms with Crippen molar-refractivity contribution in [1.29, 1.82) is 0 Å². The van der Waals surface area contributed by atoms with Gasteiger partial charge in [0, 0.05) is 6.04 Å². The second-order valence-electron chi connectivity index (χ2n) is 5.64. The van der Waals surface area contributed by atoms with E-state index >= 15 is 0 Å². The normalized spacial score (nSPS) is 20.5. The van der Waals surface area contributed by atoms with Crippen molar-refractivity contribution in [3.8, 4) is 0 Å². The second-order valence-corrected chi connectivity index (χ2v) is 5.64. The quantitative estimate of drug-likeness (QED) is 0.835. The molecule has 0 bridgehead atoms. The molecule has 94 valence electrons. The summed E-state index contributed by atoms with van der Waals surface area (Å²) >= 11 is 0. The Balaban J connectivity index is 2.34. The zero-order valence-corrected chi connectivity index (χ0v) is 11.0. The summed E-state index contributed by atoms with van der Waals surface area (Å²) in [5, 5.41) is 3.39. The molecule has 0 amide bonds. The third kappa shape index (κ3) is 2.52. The smallest absolute Gasteiger partial charge is 0.123 e. The van der Waals surface area contributed by atoms with Gasteiger partial charge >= 0.3 is 0 Å². The molecule has 1 saturated carbocycles. The minimum Gasteiger partial charge on any atom is -0.313 e. The first-order valence-electron chi connectivity index (χ1n) is 6.49. The standard InChI is InChI=1S/C15H22FN/c1-11-8-12(10-13(16)9-11)14(17-3)15(2)6-4-5-7-15/h8-10,14,17H,4-7H2,1-3H3. The van der Waals surface area contributed by atoms with Crippen LogP contribution in [0.3, 0.4) is 0 Å². The minimum absolute atomic E-state index is 0.123. The molecule has 1 aromatic rings. The molecule has 0 heterocycles. The summed E-state index contributed by atoms with van der Waals surface area (Å²) in [6, 6.07) is 5.64. The number of nitrogens with one attached hydrogen (secondary N) is 1. The Morgan fingerprint density at radius 2 is 1.88 bits per heavy atom. The van der Waals surface area contributed by atoms with Crippen LogP contribution in [-0.4, -0.2) is 7.05 Å². The van der Waals surface area contributed by atoms with Crippen LogP contribution in [0.4, 0.5) is 4.39 Å². The van der Waals surface area contributed by atoms with Gasteiger partial charge in [-0.25, -0.2) is 4.39 Å². The van der Waals surface area contributed by atoms with Gasteiger partial charge in [-0.05, 0) is 55.5 Å². The monoisotopic (exact) mass is 235 g/mol. The van der Waals surface area contributed by atoms with Crippen LogP contribution in [0.5, 0.6) is 0 Å². The molecule has 1 aliphatic rings. The van der Waals surface area contributed by atoms with E-state index in [1.54, 1.807) is 12.1 Å². The van der Waals surface area contributed by atoms with Crippen LogP contribution >= 0.6 is 0 Å². The number of rotatable bonds is 3. The van der Waals surface area contributed by atoms with Crippen LogP contribution in [0, 0.1) is 18.2 Å². The Hall–Kier alpha value is -0.890. The van der Waals surface area contributed by atoms with E-state index in [-0.39, 0.29) is 17.3 Å². The molecule has 1 N–H and O–H groups in total. The van der Waals surface area contributed by atoms with Crippen molar-refractivity contribution in [3.05, 3.63) is 35.1 Å². The average molecular weight is 235 g/mol. The molecule has 2 rings (SSSR count). The molecule has 0 spiro atoms. The molecule has 0 saturated heterocycles. The van der Waals surface area contributed by atoms with Crippen molar-refractivity contribution in [2.45, 2.75) is 45.6 Å². The Kier molecular flexibility index (Phi) is 3.53. The summed E-state index contributed by atoms with van der Waals surface area (Å²) in [5.74, 6) is -0.123. The number of hydrogen-bond acceptors (Lipinski definition) is 1. The van der Waals surface area contributed by atoms with Crippen molar-refractivity contribution in [3.63, 3.8) is 0 Å². The summed E-state index contributed by atoms with van der Waals surface area (Å²) < 4.78 is 13.5. The van der Waals surface area contributed by atoms with E-state index in [2.05, 4.69) is 18.3 Å². The Morgan fingerprint density at radius 3 is 2.41 bits per heavy atom. The summed E-state index contributed by atoms with van der Waals surface area (Å²) in [6.45, 7) is 4.28. The summed E-state index contributed by atoms with van der Waals surface area (Å²) in [5.41, 5.74) is 2.37. The van der Waals surface area contributed by atoms with Gasteiger partial charge in [0.25, 0.3) is 0 Å². The van der Waals surface area contributed by atoms with Gasteiger partial charge in [-0.3, -0.25) is 0 Å². The van der Waals surface area contributed by atoms with Gasteiger partial charge in [0.2, 0.25) is 0 Å². The molecule has 1 aromatic carbocycles. The van der Waals surface area contributed by atoms with Crippen molar-refractivity contribution >= 4 is 0 Å². The van der Waals surface area contributed by atoms with Crippen LogP contribution in [0.15, 0.2) is 18.2 Å². The fraction of sp³-hybridized carbons (Fsp3) is 0.600. The highest BCUT2D eigenvalue weighted by atomic mass is 19.1. The van der Waals surface area contributed by atoms with Gasteiger partial charge in [-0.15, -0.1) is 0 Å². The summed E-state index contributed by atoms with van der Waals surface area (Å²) in [4.78, 5) is 0. The van der Waals surface area contributed by atoms with Crippen LogP contribution in [0.1, 0.15) is 49.8 Å². The van der Waals surface area contributed by atoms with Gasteiger partial charge in [-0.2, -0.15) is 0 Å². The van der Waals surface area contributed by atoms with E-state index in [4.69, 9.17) is 0 Å². The van der Waals surface area contributed by atoms with Gasteiger partial charge in [-0.1, -0.05) is 25.8 Å². The topological polar surface area (TPSA) is 12.0 Å². The lowest BCUT2D eigenvalue weighted by Gasteiger charge is -2.34. The Morgan fingerprint density at radius 1 is 1.24 bits per heavy atom. The van der Waals surface area contributed by atoms with Crippen LogP contribution in [0.25, 0.3) is 0 Å². The van der Waals surface area contributed by atoms with Crippen molar-refractivity contribution in [2.24, 2.45) is 5.41 Å². The van der Waals surface area contributed by atoms with E-state index in [0.29, 0.717) is 0 Å². The van der Waals surface area contributed by atoms with Gasteiger partial charge in [0.1, 0.15) is 5.82 Å². The first-order valence-corrected chi connectivity index (χ1v) is 6.49. The van der Waals surface area contributed by atoms with Gasteiger partial charge in [0.15, 0.2) is 0 Å². The molecule has 0 radical (unpaired) electrons. The third-order valence-electron chi connectivity index (χ3n) is 4.13. The van der Waals surface area contributed by atoms with Crippen LogP contribution in [-0.2, 0) is 0 Å². The van der Waals surface area contributed by atoms with Crippen LogP contribution < -0.4 is 5.32 Å². The first kappa shape index (κ1) is 12.6. The number of aryl methyl sites for hydroxylation is 1. The fourth-order valence-electron chi connectivity index (χ4n) is 3.32. The maximum Gasteiger partial charge on any atom is 0.123 e. The molecule has 1 fully saturated rings. The maximum atomic E-state index is 13.5.